The van der Waals surface area contributed by atoms with Gasteiger partial charge in [-0.3, -0.25) is 24.5 Å². The molecule has 4 aliphatic heterocycles. The van der Waals surface area contributed by atoms with Crippen molar-refractivity contribution in [1.29, 1.82) is 0 Å². The number of amides is 2. The van der Waals surface area contributed by atoms with Crippen molar-refractivity contribution in [3.63, 3.8) is 0 Å². The van der Waals surface area contributed by atoms with Gasteiger partial charge in [0.05, 0.1) is 28.5 Å². The Bertz CT molecular complexity index is 1600. The summed E-state index contributed by atoms with van der Waals surface area (Å²) in [5.74, 6) is -2.23. The van der Waals surface area contributed by atoms with E-state index in [0.717, 1.165) is 16.0 Å². The SMILES string of the molecule is O=C(c1cccc([N+](=O)[O-])c1)[C@@H]1[C@@H]2C(=O)N(c3ccc4c(c3)OCO4)C(=O)[C@@H]2[C@@H]2c3ccccc3C=CN12. The Morgan fingerprint density at radius 1 is 0.921 bits per heavy atom. The fraction of sp³-hybridized carbons (Fsp3) is 0.179. The van der Waals surface area contributed by atoms with Gasteiger partial charge in [-0.15, -0.1) is 0 Å². The zero-order valence-corrected chi connectivity index (χ0v) is 19.7. The molecule has 4 aliphatic rings. The highest BCUT2D eigenvalue weighted by Gasteiger charge is 2.64. The minimum absolute atomic E-state index is 0.0475. The molecule has 10 heteroatoms. The first-order valence-electron chi connectivity index (χ1n) is 12.0. The second-order valence-corrected chi connectivity index (χ2v) is 9.55. The Morgan fingerprint density at radius 3 is 2.55 bits per heavy atom. The number of carbonyl (C=O) groups is 3. The summed E-state index contributed by atoms with van der Waals surface area (Å²) < 4.78 is 10.8. The van der Waals surface area contributed by atoms with Gasteiger partial charge < -0.3 is 14.4 Å². The molecule has 2 fully saturated rings. The molecule has 4 heterocycles. The van der Waals surface area contributed by atoms with E-state index in [1.165, 1.54) is 24.3 Å². The summed E-state index contributed by atoms with van der Waals surface area (Å²) in [6, 6.07) is 16.3. The van der Waals surface area contributed by atoms with Gasteiger partial charge in [0.1, 0.15) is 6.04 Å². The van der Waals surface area contributed by atoms with Gasteiger partial charge in [0.2, 0.25) is 18.6 Å². The molecule has 3 aromatic carbocycles. The summed E-state index contributed by atoms with van der Waals surface area (Å²) in [7, 11) is 0. The van der Waals surface area contributed by atoms with Crippen LogP contribution in [0.3, 0.4) is 0 Å². The molecule has 0 unspecified atom stereocenters. The van der Waals surface area contributed by atoms with Gasteiger partial charge in [0.15, 0.2) is 17.3 Å². The van der Waals surface area contributed by atoms with E-state index in [1.54, 1.807) is 29.3 Å². The Balaban J connectivity index is 1.35. The standard InChI is InChI=1S/C28H19N3O7/c32-26(16-5-3-6-18(12-16)31(35)36)25-23-22(24-19-7-2-1-4-15(19)10-11-29(24)25)27(33)30(28(23)34)17-8-9-20-21(13-17)38-14-37-20/h1-13,22-25H,14H2/t22-,23+,24-,25-/m0/s1. The lowest BCUT2D eigenvalue weighted by atomic mass is 9.83. The maximum atomic E-state index is 14.0. The Morgan fingerprint density at radius 2 is 1.71 bits per heavy atom. The largest absolute Gasteiger partial charge is 0.454 e. The number of hydrogen-bond acceptors (Lipinski definition) is 8. The van der Waals surface area contributed by atoms with E-state index in [0.29, 0.717) is 17.2 Å². The van der Waals surface area contributed by atoms with Crippen molar-refractivity contribution in [3.05, 3.63) is 99.7 Å². The van der Waals surface area contributed by atoms with Crippen LogP contribution in [0.15, 0.2) is 72.9 Å². The van der Waals surface area contributed by atoms with Crippen LogP contribution in [0, 0.1) is 22.0 Å². The number of anilines is 1. The first kappa shape index (κ1) is 22.2. The van der Waals surface area contributed by atoms with Crippen molar-refractivity contribution < 1.29 is 28.8 Å². The minimum Gasteiger partial charge on any atom is -0.454 e. The molecule has 38 heavy (non-hydrogen) atoms. The maximum Gasteiger partial charge on any atom is 0.270 e. The van der Waals surface area contributed by atoms with E-state index in [1.807, 2.05) is 30.3 Å². The smallest absolute Gasteiger partial charge is 0.270 e. The van der Waals surface area contributed by atoms with E-state index in [4.69, 9.17) is 9.47 Å². The molecular weight excluding hydrogens is 490 g/mol. The monoisotopic (exact) mass is 509 g/mol. The van der Waals surface area contributed by atoms with Crippen molar-refractivity contribution in [1.82, 2.24) is 4.90 Å². The van der Waals surface area contributed by atoms with E-state index in [9.17, 15) is 24.5 Å². The number of imide groups is 1. The molecule has 188 valence electrons. The lowest BCUT2D eigenvalue weighted by molar-refractivity contribution is -0.384. The highest BCUT2D eigenvalue weighted by Crippen LogP contribution is 2.54. The van der Waals surface area contributed by atoms with Crippen LogP contribution in [0.2, 0.25) is 0 Å². The normalized spacial score (nSPS) is 24.3. The van der Waals surface area contributed by atoms with Crippen LogP contribution in [0.25, 0.3) is 6.08 Å². The molecule has 10 nitrogen and oxygen atoms in total. The lowest BCUT2D eigenvalue weighted by Crippen LogP contribution is -2.44. The average Bonchev–Trinajstić information content (AvgIpc) is 3.61. The molecule has 0 aromatic heterocycles. The molecule has 0 aliphatic carbocycles. The zero-order valence-electron chi connectivity index (χ0n) is 19.7. The number of nitro groups is 1. The number of ether oxygens (including phenoxy) is 2. The molecule has 0 spiro atoms. The fourth-order valence-corrected chi connectivity index (χ4v) is 6.08. The Hall–Kier alpha value is -4.99. The molecule has 2 saturated heterocycles. The van der Waals surface area contributed by atoms with Gasteiger partial charge in [-0.05, 0) is 29.3 Å². The predicted octanol–water partition coefficient (Wildman–Crippen LogP) is 3.72. The summed E-state index contributed by atoms with van der Waals surface area (Å²) in [4.78, 5) is 55.6. The highest BCUT2D eigenvalue weighted by atomic mass is 16.7. The van der Waals surface area contributed by atoms with E-state index < -0.39 is 46.4 Å². The summed E-state index contributed by atoms with van der Waals surface area (Å²) in [6.45, 7) is 0.0475. The summed E-state index contributed by atoms with van der Waals surface area (Å²) in [5.41, 5.74) is 1.96. The van der Waals surface area contributed by atoms with Gasteiger partial charge in [0, 0.05) is 30.0 Å². The summed E-state index contributed by atoms with van der Waals surface area (Å²) >= 11 is 0. The van der Waals surface area contributed by atoms with Gasteiger partial charge in [-0.1, -0.05) is 36.4 Å². The average molecular weight is 509 g/mol. The van der Waals surface area contributed by atoms with Gasteiger partial charge >= 0.3 is 0 Å². The van der Waals surface area contributed by atoms with Crippen molar-refractivity contribution in [3.8, 4) is 11.5 Å². The van der Waals surface area contributed by atoms with Crippen LogP contribution < -0.4 is 14.4 Å². The second kappa shape index (κ2) is 8.01. The van der Waals surface area contributed by atoms with Crippen molar-refractivity contribution >= 4 is 35.0 Å². The number of ketones is 1. The lowest BCUT2D eigenvalue weighted by Gasteiger charge is -2.35. The molecular formula is C28H19N3O7. The topological polar surface area (TPSA) is 119 Å². The number of benzene rings is 3. The number of Topliss-reactive ketones (excluding diaryl/α,β-unsaturated/α-hetero) is 1. The van der Waals surface area contributed by atoms with E-state index >= 15 is 0 Å². The molecule has 7 rings (SSSR count). The number of rotatable bonds is 4. The van der Waals surface area contributed by atoms with E-state index in [2.05, 4.69) is 0 Å². The number of non-ortho nitro benzene ring substituents is 1. The van der Waals surface area contributed by atoms with E-state index in [-0.39, 0.29) is 18.0 Å². The third-order valence-corrected chi connectivity index (χ3v) is 7.69. The third-order valence-electron chi connectivity index (χ3n) is 7.69. The molecule has 2 amide bonds. The molecule has 3 aromatic rings. The Kier molecular flexibility index (Phi) is 4.68. The van der Waals surface area contributed by atoms with Crippen molar-refractivity contribution in [2.45, 2.75) is 12.1 Å². The van der Waals surface area contributed by atoms with Crippen LogP contribution in [0.4, 0.5) is 11.4 Å². The number of fused-ring (bicyclic) bond motifs is 6. The van der Waals surface area contributed by atoms with Crippen LogP contribution in [0.1, 0.15) is 27.5 Å². The first-order valence-corrected chi connectivity index (χ1v) is 12.0. The molecule has 0 saturated carbocycles. The second-order valence-electron chi connectivity index (χ2n) is 9.55. The number of carbonyl (C=O) groups excluding carboxylic acids is 3. The summed E-state index contributed by atoms with van der Waals surface area (Å²) in [6.07, 6.45) is 3.60. The molecule has 0 bridgehead atoms. The maximum absolute atomic E-state index is 14.0. The molecule has 0 radical (unpaired) electrons. The molecule has 0 N–H and O–H groups in total. The Labute approximate surface area is 215 Å². The van der Waals surface area contributed by atoms with Crippen molar-refractivity contribution in [2.75, 3.05) is 11.7 Å². The van der Waals surface area contributed by atoms with Gasteiger partial charge in [-0.2, -0.15) is 0 Å². The van der Waals surface area contributed by atoms with Gasteiger partial charge in [-0.25, -0.2) is 4.90 Å². The number of nitro benzene ring substituents is 1. The van der Waals surface area contributed by atoms with Crippen LogP contribution >= 0.6 is 0 Å². The van der Waals surface area contributed by atoms with Crippen molar-refractivity contribution in [2.24, 2.45) is 11.8 Å². The van der Waals surface area contributed by atoms with Crippen LogP contribution in [-0.4, -0.2) is 40.3 Å². The zero-order chi connectivity index (χ0) is 26.1. The predicted molar refractivity (Wildman–Crippen MR) is 133 cm³/mol. The van der Waals surface area contributed by atoms with Gasteiger partial charge in [0.25, 0.3) is 5.69 Å². The quantitative estimate of drug-likeness (QED) is 0.226. The van der Waals surface area contributed by atoms with Crippen LogP contribution in [0.5, 0.6) is 11.5 Å². The molecule has 4 atom stereocenters. The van der Waals surface area contributed by atoms with Crippen LogP contribution in [-0.2, 0) is 9.59 Å². The highest BCUT2D eigenvalue weighted by molar-refractivity contribution is 6.24. The number of nitrogens with zero attached hydrogens (tertiary/aromatic N) is 3. The minimum atomic E-state index is -1.02. The first-order chi connectivity index (χ1) is 18.4. The summed E-state index contributed by atoms with van der Waals surface area (Å²) in [5, 5.41) is 11.4. The third kappa shape index (κ3) is 3.03. The fourth-order valence-electron chi connectivity index (χ4n) is 6.08. The number of hydrogen-bond donors (Lipinski definition) is 0.